The third-order valence-corrected chi connectivity index (χ3v) is 13.1. The minimum Gasteiger partial charge on any atom is -0.462 e. The van der Waals surface area contributed by atoms with Crippen LogP contribution in [0.15, 0.2) is 0 Å². The van der Waals surface area contributed by atoms with E-state index < -0.39 is 92.7 Å². The molecule has 0 saturated carbocycles. The Morgan fingerprint density at radius 3 is 1.24 bits per heavy atom. The number of hydrogen-bond donors (Lipinski definition) is 7. The number of ether oxygens (including phenoxy) is 6. The fraction of sp³-hybridized carbons (Fsp3) is 0.961. The van der Waals surface area contributed by atoms with E-state index >= 15 is 0 Å². The second-order valence-electron chi connectivity index (χ2n) is 19.0. The van der Waals surface area contributed by atoms with Crippen LogP contribution in [0.5, 0.6) is 0 Å². The van der Waals surface area contributed by atoms with Crippen molar-refractivity contribution in [3.8, 4) is 0 Å². The highest BCUT2D eigenvalue weighted by atomic mass is 16.7. The van der Waals surface area contributed by atoms with E-state index in [1.54, 1.807) is 0 Å². The van der Waals surface area contributed by atoms with Gasteiger partial charge in [-0.3, -0.25) is 9.59 Å². The van der Waals surface area contributed by atoms with Crippen molar-refractivity contribution in [1.29, 1.82) is 0 Å². The molecule has 11 atom stereocenters. The lowest BCUT2D eigenvalue weighted by Crippen LogP contribution is -2.64. The van der Waals surface area contributed by atoms with Crippen LogP contribution in [0, 0.1) is 0 Å². The molecule has 2 heterocycles. The summed E-state index contributed by atoms with van der Waals surface area (Å²) >= 11 is 0. The number of unbranched alkanes of at least 4 members (excludes halogenated alkanes) is 28. The Morgan fingerprint density at radius 1 is 0.439 bits per heavy atom. The molecule has 0 radical (unpaired) electrons. The number of carbonyl (C=O) groups excluding carboxylic acids is 2. The highest BCUT2D eigenvalue weighted by molar-refractivity contribution is 5.70. The maximum atomic E-state index is 13.0. The van der Waals surface area contributed by atoms with Crippen molar-refractivity contribution in [3.05, 3.63) is 0 Å². The van der Waals surface area contributed by atoms with Crippen LogP contribution >= 0.6 is 0 Å². The van der Waals surface area contributed by atoms with Gasteiger partial charge in [0.05, 0.1) is 19.8 Å². The largest absolute Gasteiger partial charge is 0.462 e. The number of aliphatic hydroxyl groups excluding tert-OH is 7. The van der Waals surface area contributed by atoms with Crippen LogP contribution in [-0.4, -0.2) is 142 Å². The van der Waals surface area contributed by atoms with Crippen LogP contribution < -0.4 is 0 Å². The maximum absolute atomic E-state index is 13.0. The molecule has 0 aromatic rings. The maximum Gasteiger partial charge on any atom is 0.306 e. The summed E-state index contributed by atoms with van der Waals surface area (Å²) in [5.41, 5.74) is 0. The van der Waals surface area contributed by atoms with Crippen LogP contribution in [0.2, 0.25) is 0 Å². The highest BCUT2D eigenvalue weighted by Gasteiger charge is 2.51. The molecule has 1 unspecified atom stereocenters. The van der Waals surface area contributed by atoms with E-state index in [1.165, 1.54) is 141 Å². The van der Waals surface area contributed by atoms with Crippen LogP contribution in [0.4, 0.5) is 0 Å². The van der Waals surface area contributed by atoms with Gasteiger partial charge >= 0.3 is 11.9 Å². The molecule has 66 heavy (non-hydrogen) atoms. The third-order valence-electron chi connectivity index (χ3n) is 13.1. The van der Waals surface area contributed by atoms with Crippen LogP contribution in [0.3, 0.4) is 0 Å². The Bertz CT molecular complexity index is 1160. The lowest BCUT2D eigenvalue weighted by molar-refractivity contribution is -0.360. The van der Waals surface area contributed by atoms with E-state index in [1.807, 2.05) is 0 Å². The Morgan fingerprint density at radius 2 is 0.818 bits per heavy atom. The second kappa shape index (κ2) is 39.2. The van der Waals surface area contributed by atoms with E-state index in [4.69, 9.17) is 28.4 Å². The minimum atomic E-state index is -1.80. The molecule has 390 valence electrons. The summed E-state index contributed by atoms with van der Waals surface area (Å²) in [6.07, 6.45) is 19.5. The zero-order chi connectivity index (χ0) is 48.2. The van der Waals surface area contributed by atoms with Gasteiger partial charge in [0.25, 0.3) is 0 Å². The molecule has 2 rings (SSSR count). The molecule has 7 N–H and O–H groups in total. The molecule has 0 aliphatic carbocycles. The first kappa shape index (κ1) is 60.6. The normalized spacial score (nSPS) is 26.1. The minimum absolute atomic E-state index is 0.173. The second-order valence-corrected chi connectivity index (χ2v) is 19.0. The standard InChI is InChI=1S/C51H96O15/c1-3-5-7-9-11-13-15-17-19-21-23-25-27-29-31-33-42(54)61-37-39(63-43(55)34-32-30-28-26-24-22-20-18-16-14-12-10-8-6-4-2)38-62-50-48(60)46(58)49(41(36-53)65-50)66-51-47(59)45(57)44(56)40(35-52)64-51/h39-41,44-53,56-60H,3-38H2,1-2H3/t39?,40-,41-,44-,45+,46-,47-,48-,49-,50-,51+/m0/s1. The van der Waals surface area contributed by atoms with Gasteiger partial charge in [-0.2, -0.15) is 0 Å². The molecular weight excluding hydrogens is 853 g/mol. The Kier molecular flexibility index (Phi) is 36.0. The molecule has 0 aromatic heterocycles. The number of esters is 2. The zero-order valence-electron chi connectivity index (χ0n) is 41.2. The van der Waals surface area contributed by atoms with Crippen molar-refractivity contribution in [1.82, 2.24) is 0 Å². The summed E-state index contributed by atoms with van der Waals surface area (Å²) < 4.78 is 33.8. The molecule has 0 aromatic carbocycles. The van der Waals surface area contributed by atoms with E-state index in [0.29, 0.717) is 12.8 Å². The van der Waals surface area contributed by atoms with E-state index in [0.717, 1.165) is 38.5 Å². The summed E-state index contributed by atoms with van der Waals surface area (Å²) in [5.74, 6) is -0.908. The Hall–Kier alpha value is -1.50. The molecule has 2 saturated heterocycles. The predicted octanol–water partition coefficient (Wildman–Crippen LogP) is 7.61. The van der Waals surface area contributed by atoms with Crippen LogP contribution in [0.1, 0.15) is 219 Å². The third kappa shape index (κ3) is 26.5. The summed E-state index contributed by atoms with van der Waals surface area (Å²) in [5, 5.41) is 72.5. The van der Waals surface area contributed by atoms with Crippen molar-refractivity contribution in [2.24, 2.45) is 0 Å². The van der Waals surface area contributed by atoms with Crippen molar-refractivity contribution >= 4 is 11.9 Å². The summed E-state index contributed by atoms with van der Waals surface area (Å²) in [6, 6.07) is 0. The summed E-state index contributed by atoms with van der Waals surface area (Å²) in [7, 11) is 0. The van der Waals surface area contributed by atoms with Crippen molar-refractivity contribution in [3.63, 3.8) is 0 Å². The summed E-state index contributed by atoms with van der Waals surface area (Å²) in [6.45, 7) is 2.38. The lowest BCUT2D eigenvalue weighted by atomic mass is 9.97. The van der Waals surface area contributed by atoms with Gasteiger partial charge in [-0.25, -0.2) is 0 Å². The number of hydrogen-bond acceptors (Lipinski definition) is 15. The zero-order valence-corrected chi connectivity index (χ0v) is 41.2. The van der Waals surface area contributed by atoms with Crippen LogP contribution in [-0.2, 0) is 38.0 Å². The van der Waals surface area contributed by atoms with Gasteiger partial charge in [0.1, 0.15) is 55.4 Å². The molecule has 2 aliphatic rings. The Labute approximate surface area is 398 Å². The molecule has 0 bridgehead atoms. The Balaban J connectivity index is 1.80. The monoisotopic (exact) mass is 949 g/mol. The number of aliphatic hydroxyl groups is 7. The summed E-state index contributed by atoms with van der Waals surface area (Å²) in [4.78, 5) is 25.8. The fourth-order valence-electron chi connectivity index (χ4n) is 8.80. The van der Waals surface area contributed by atoms with Crippen molar-refractivity contribution in [2.45, 2.75) is 287 Å². The molecule has 2 fully saturated rings. The van der Waals surface area contributed by atoms with Gasteiger partial charge in [0.2, 0.25) is 0 Å². The number of rotatable bonds is 42. The quantitative estimate of drug-likeness (QED) is 0.0231. The highest BCUT2D eigenvalue weighted by Crippen LogP contribution is 2.30. The average Bonchev–Trinajstić information content (AvgIpc) is 3.31. The molecule has 2 aliphatic heterocycles. The van der Waals surface area contributed by atoms with Gasteiger partial charge in [-0.15, -0.1) is 0 Å². The van der Waals surface area contributed by atoms with E-state index in [9.17, 15) is 45.3 Å². The van der Waals surface area contributed by atoms with Gasteiger partial charge in [0.15, 0.2) is 18.7 Å². The first-order valence-electron chi connectivity index (χ1n) is 26.6. The first-order valence-corrected chi connectivity index (χ1v) is 26.6. The molecule has 15 nitrogen and oxygen atoms in total. The molecule has 0 amide bonds. The van der Waals surface area contributed by atoms with Gasteiger partial charge in [-0.05, 0) is 12.8 Å². The van der Waals surface area contributed by atoms with E-state index in [-0.39, 0.29) is 26.1 Å². The number of carbonyl (C=O) groups is 2. The van der Waals surface area contributed by atoms with Gasteiger partial charge < -0.3 is 64.2 Å². The van der Waals surface area contributed by atoms with Gasteiger partial charge in [-0.1, -0.05) is 194 Å². The topological polar surface area (TPSA) is 231 Å². The van der Waals surface area contributed by atoms with Crippen LogP contribution in [0.25, 0.3) is 0 Å². The molecule has 0 spiro atoms. The lowest BCUT2D eigenvalue weighted by Gasteiger charge is -2.46. The van der Waals surface area contributed by atoms with Gasteiger partial charge in [0, 0.05) is 12.8 Å². The van der Waals surface area contributed by atoms with E-state index in [2.05, 4.69) is 13.8 Å². The van der Waals surface area contributed by atoms with Crippen molar-refractivity contribution in [2.75, 3.05) is 26.4 Å². The molecular formula is C51H96O15. The molecule has 15 heteroatoms. The first-order chi connectivity index (χ1) is 32.1. The smallest absolute Gasteiger partial charge is 0.306 e. The SMILES string of the molecule is CCCCCCCCCCCCCCCCCC(=O)OCC(CO[C@H]1O[C@@H](CO)[C@H](O[C@H]2O[C@@H](CO)[C@H](O)[C@@H](O)[C@@H]2O)[C@@H](O)[C@@H]1O)OC(=O)CCCCCCCCCCCCCCCCC. The predicted molar refractivity (Wildman–Crippen MR) is 252 cm³/mol. The van der Waals surface area contributed by atoms with Crippen molar-refractivity contribution < 1.29 is 73.8 Å². The average molecular weight is 949 g/mol. The fourth-order valence-corrected chi connectivity index (χ4v) is 8.80.